The fourth-order valence-electron chi connectivity index (χ4n) is 2.63. The highest BCUT2D eigenvalue weighted by atomic mass is 35.5. The fraction of sp³-hybridized carbons (Fsp3) is 0.350. The Bertz CT molecular complexity index is 769. The van der Waals surface area contributed by atoms with E-state index >= 15 is 0 Å². The molecule has 0 fully saturated rings. The van der Waals surface area contributed by atoms with Crippen molar-refractivity contribution in [1.82, 2.24) is 5.32 Å². The number of primary amides is 1. The van der Waals surface area contributed by atoms with Crippen molar-refractivity contribution in [2.75, 3.05) is 26.8 Å². The van der Waals surface area contributed by atoms with Crippen LogP contribution in [0.25, 0.3) is 0 Å². The number of nitrogens with two attached hydrogens (primary N) is 1. The third-order valence-corrected chi connectivity index (χ3v) is 4.54. The molecule has 0 saturated heterocycles. The molecule has 0 bridgehead atoms. The first-order chi connectivity index (χ1) is 13.0. The van der Waals surface area contributed by atoms with Crippen molar-refractivity contribution in [2.24, 2.45) is 5.73 Å². The van der Waals surface area contributed by atoms with Crippen LogP contribution in [0, 0.1) is 0 Å². The molecular formula is C20H24Cl2N2O3. The second-order valence-electron chi connectivity index (χ2n) is 6.07. The van der Waals surface area contributed by atoms with Crippen LogP contribution in [0.3, 0.4) is 0 Å². The monoisotopic (exact) mass is 410 g/mol. The zero-order valence-corrected chi connectivity index (χ0v) is 16.8. The molecule has 2 rings (SSSR count). The number of hydrogen-bond acceptors (Lipinski definition) is 4. The minimum atomic E-state index is -0.380. The Hall–Kier alpha value is -1.95. The second kappa shape index (κ2) is 11.0. The molecule has 0 spiro atoms. The maximum absolute atomic E-state index is 11.0. The van der Waals surface area contributed by atoms with Crippen LogP contribution in [0.1, 0.15) is 17.5 Å². The van der Waals surface area contributed by atoms with Gasteiger partial charge in [-0.3, -0.25) is 4.79 Å². The van der Waals surface area contributed by atoms with Gasteiger partial charge in [0.1, 0.15) is 6.61 Å². The molecule has 7 heteroatoms. The first-order valence-corrected chi connectivity index (χ1v) is 9.48. The van der Waals surface area contributed by atoms with Gasteiger partial charge in [-0.2, -0.15) is 0 Å². The molecule has 0 saturated carbocycles. The highest BCUT2D eigenvalue weighted by molar-refractivity contribution is 6.35. The number of hydrogen-bond donors (Lipinski definition) is 2. The lowest BCUT2D eigenvalue weighted by Crippen LogP contribution is -2.22. The fourth-order valence-corrected chi connectivity index (χ4v) is 3.13. The largest absolute Gasteiger partial charge is 0.493 e. The number of methoxy groups -OCH3 is 1. The molecule has 0 heterocycles. The number of halogens is 2. The highest BCUT2D eigenvalue weighted by Gasteiger charge is 2.07. The van der Waals surface area contributed by atoms with E-state index in [1.165, 1.54) is 0 Å². The Morgan fingerprint density at radius 1 is 1.11 bits per heavy atom. The molecular weight excluding hydrogens is 387 g/mol. The molecule has 0 aliphatic rings. The Morgan fingerprint density at radius 2 is 1.93 bits per heavy atom. The third kappa shape index (κ3) is 7.29. The molecule has 0 aromatic heterocycles. The minimum absolute atomic E-state index is 0.176. The van der Waals surface area contributed by atoms with Crippen LogP contribution in [-0.2, 0) is 17.6 Å². The van der Waals surface area contributed by atoms with Gasteiger partial charge in [-0.25, -0.2) is 0 Å². The Labute approximate surface area is 169 Å². The average molecular weight is 411 g/mol. The molecule has 0 atom stereocenters. The van der Waals surface area contributed by atoms with Gasteiger partial charge in [-0.15, -0.1) is 0 Å². The Kier molecular flexibility index (Phi) is 8.72. The van der Waals surface area contributed by atoms with Crippen LogP contribution in [0.15, 0.2) is 36.4 Å². The Balaban J connectivity index is 1.68. The SMILES string of the molecule is COc1cc(CC(N)=O)ccc1OCCNCCCc1ccc(Cl)cc1Cl. The standard InChI is InChI=1S/C20H24Cl2N2O3/c1-26-19-11-14(12-20(23)25)4-7-18(19)27-10-9-24-8-2-3-15-5-6-16(21)13-17(15)22/h4-7,11,13,24H,2-3,8-10,12H2,1H3,(H2,23,25). The summed E-state index contributed by atoms with van der Waals surface area (Å²) >= 11 is 12.1. The molecule has 27 heavy (non-hydrogen) atoms. The lowest BCUT2D eigenvalue weighted by Gasteiger charge is -2.12. The molecule has 0 unspecified atom stereocenters. The van der Waals surface area contributed by atoms with Gasteiger partial charge in [0.25, 0.3) is 0 Å². The molecule has 2 aromatic rings. The van der Waals surface area contributed by atoms with E-state index in [-0.39, 0.29) is 12.3 Å². The predicted octanol–water partition coefficient (Wildman–Crippen LogP) is 3.63. The van der Waals surface area contributed by atoms with Gasteiger partial charge in [0.05, 0.1) is 13.5 Å². The summed E-state index contributed by atoms with van der Waals surface area (Å²) in [4.78, 5) is 11.0. The topological polar surface area (TPSA) is 73.6 Å². The maximum atomic E-state index is 11.0. The summed E-state index contributed by atoms with van der Waals surface area (Å²) in [5.74, 6) is 0.849. The van der Waals surface area contributed by atoms with Crippen molar-refractivity contribution in [3.63, 3.8) is 0 Å². The van der Waals surface area contributed by atoms with Gasteiger partial charge < -0.3 is 20.5 Å². The highest BCUT2D eigenvalue weighted by Crippen LogP contribution is 2.28. The smallest absolute Gasteiger partial charge is 0.221 e. The number of benzene rings is 2. The molecule has 0 radical (unpaired) electrons. The van der Waals surface area contributed by atoms with Gasteiger partial charge >= 0.3 is 0 Å². The molecule has 1 amide bonds. The summed E-state index contributed by atoms with van der Waals surface area (Å²) in [6, 6.07) is 10.9. The molecule has 0 aliphatic heterocycles. The van der Waals surface area contributed by atoms with Crippen molar-refractivity contribution >= 4 is 29.1 Å². The minimum Gasteiger partial charge on any atom is -0.493 e. The van der Waals surface area contributed by atoms with Crippen LogP contribution >= 0.6 is 23.2 Å². The molecule has 146 valence electrons. The normalized spacial score (nSPS) is 10.6. The van der Waals surface area contributed by atoms with Crippen molar-refractivity contribution < 1.29 is 14.3 Å². The summed E-state index contributed by atoms with van der Waals surface area (Å²) in [6.45, 7) is 2.07. The van der Waals surface area contributed by atoms with Crippen molar-refractivity contribution in [2.45, 2.75) is 19.3 Å². The predicted molar refractivity (Wildman–Crippen MR) is 109 cm³/mol. The van der Waals surface area contributed by atoms with E-state index in [0.717, 1.165) is 30.5 Å². The van der Waals surface area contributed by atoms with Crippen LogP contribution in [-0.4, -0.2) is 32.7 Å². The van der Waals surface area contributed by atoms with Crippen LogP contribution in [0.5, 0.6) is 11.5 Å². The summed E-state index contributed by atoms with van der Waals surface area (Å²) in [6.07, 6.45) is 2.03. The maximum Gasteiger partial charge on any atom is 0.221 e. The van der Waals surface area contributed by atoms with Gasteiger partial charge in [0.15, 0.2) is 11.5 Å². The van der Waals surface area contributed by atoms with Crippen LogP contribution in [0.4, 0.5) is 0 Å². The summed E-state index contributed by atoms with van der Waals surface area (Å²) < 4.78 is 11.1. The lowest BCUT2D eigenvalue weighted by atomic mass is 10.1. The van der Waals surface area contributed by atoms with E-state index < -0.39 is 0 Å². The van der Waals surface area contributed by atoms with Crippen LogP contribution in [0.2, 0.25) is 10.0 Å². The van der Waals surface area contributed by atoms with E-state index in [4.69, 9.17) is 38.4 Å². The van der Waals surface area contributed by atoms with Crippen molar-refractivity contribution in [3.05, 3.63) is 57.6 Å². The van der Waals surface area contributed by atoms with E-state index in [1.54, 1.807) is 25.3 Å². The number of ether oxygens (including phenoxy) is 2. The van der Waals surface area contributed by atoms with Gasteiger partial charge in [0.2, 0.25) is 5.91 Å². The quantitative estimate of drug-likeness (QED) is 0.554. The summed E-state index contributed by atoms with van der Waals surface area (Å²) in [5.41, 5.74) is 7.11. The van der Waals surface area contributed by atoms with Gasteiger partial charge in [-0.05, 0) is 54.8 Å². The lowest BCUT2D eigenvalue weighted by molar-refractivity contribution is -0.117. The average Bonchev–Trinajstić information content (AvgIpc) is 2.62. The zero-order chi connectivity index (χ0) is 19.6. The Morgan fingerprint density at radius 3 is 2.63 bits per heavy atom. The van der Waals surface area contributed by atoms with Crippen molar-refractivity contribution in [1.29, 1.82) is 0 Å². The second-order valence-corrected chi connectivity index (χ2v) is 6.91. The summed E-state index contributed by atoms with van der Waals surface area (Å²) in [7, 11) is 1.57. The van der Waals surface area contributed by atoms with E-state index in [9.17, 15) is 4.79 Å². The van der Waals surface area contributed by atoms with E-state index in [0.29, 0.717) is 34.7 Å². The van der Waals surface area contributed by atoms with E-state index in [1.807, 2.05) is 18.2 Å². The number of carbonyl (C=O) groups excluding carboxylic acids is 1. The zero-order valence-electron chi connectivity index (χ0n) is 15.3. The first kappa shape index (κ1) is 21.4. The third-order valence-electron chi connectivity index (χ3n) is 3.96. The molecule has 2 aromatic carbocycles. The van der Waals surface area contributed by atoms with Crippen LogP contribution < -0.4 is 20.5 Å². The number of amides is 1. The molecule has 0 aliphatic carbocycles. The molecule has 3 N–H and O–H groups in total. The molecule has 5 nitrogen and oxygen atoms in total. The number of aryl methyl sites for hydroxylation is 1. The first-order valence-electron chi connectivity index (χ1n) is 8.72. The summed E-state index contributed by atoms with van der Waals surface area (Å²) in [5, 5.41) is 4.69. The number of carbonyl (C=O) groups is 1. The number of nitrogens with one attached hydrogen (secondary N) is 1. The van der Waals surface area contributed by atoms with Crippen molar-refractivity contribution in [3.8, 4) is 11.5 Å². The van der Waals surface area contributed by atoms with Gasteiger partial charge in [-0.1, -0.05) is 35.3 Å². The number of rotatable bonds is 11. The van der Waals surface area contributed by atoms with Gasteiger partial charge in [0, 0.05) is 16.6 Å². The van der Waals surface area contributed by atoms with E-state index in [2.05, 4.69) is 5.32 Å².